The highest BCUT2D eigenvalue weighted by Gasteiger charge is 2.05. The zero-order valence-electron chi connectivity index (χ0n) is 11.0. The molecule has 0 unspecified atom stereocenters. The maximum absolute atomic E-state index is 11.3. The van der Waals surface area contributed by atoms with E-state index in [0.29, 0.717) is 16.4 Å². The van der Waals surface area contributed by atoms with Gasteiger partial charge >= 0.3 is 0 Å². The van der Waals surface area contributed by atoms with Crippen molar-refractivity contribution in [2.75, 3.05) is 16.4 Å². The molecule has 0 saturated heterocycles. The van der Waals surface area contributed by atoms with Gasteiger partial charge in [-0.05, 0) is 13.0 Å². The molecule has 0 saturated carbocycles. The van der Waals surface area contributed by atoms with Gasteiger partial charge in [0.25, 0.3) is 0 Å². The van der Waals surface area contributed by atoms with Crippen molar-refractivity contribution in [2.24, 2.45) is 5.10 Å². The molecule has 1 heterocycles. The second kappa shape index (κ2) is 6.02. The number of para-hydroxylation sites is 1. The van der Waals surface area contributed by atoms with Crippen molar-refractivity contribution >= 4 is 38.4 Å². The van der Waals surface area contributed by atoms with Crippen LogP contribution < -0.4 is 10.1 Å². The predicted octanol–water partition coefficient (Wildman–Crippen LogP) is 2.27. The zero-order valence-corrected chi connectivity index (χ0v) is 12.6. The van der Waals surface area contributed by atoms with Crippen LogP contribution in [0.3, 0.4) is 0 Å². The van der Waals surface area contributed by atoms with Crippen LogP contribution in [0.2, 0.25) is 0 Å². The van der Waals surface area contributed by atoms with E-state index < -0.39 is 10.0 Å². The average molecular weight is 310 g/mol. The maximum Gasteiger partial charge on any atom is 0.229 e. The summed E-state index contributed by atoms with van der Waals surface area (Å²) in [5.41, 5.74) is 4.87. The van der Waals surface area contributed by atoms with Gasteiger partial charge in [-0.15, -0.1) is 11.3 Å². The predicted molar refractivity (Wildman–Crippen MR) is 83.0 cm³/mol. The molecule has 0 aliphatic rings. The molecule has 20 heavy (non-hydrogen) atoms. The molecule has 0 aliphatic heterocycles. The summed E-state index contributed by atoms with van der Waals surface area (Å²) >= 11 is 1.45. The first-order chi connectivity index (χ1) is 9.44. The van der Waals surface area contributed by atoms with Gasteiger partial charge in [0.1, 0.15) is 0 Å². The highest BCUT2D eigenvalue weighted by molar-refractivity contribution is 7.92. The minimum absolute atomic E-state index is 0.482. The van der Waals surface area contributed by atoms with Gasteiger partial charge in [-0.3, -0.25) is 10.1 Å². The lowest BCUT2D eigenvalue weighted by atomic mass is 10.2. The molecule has 1 aromatic carbocycles. The second-order valence-corrected chi connectivity index (χ2v) is 6.73. The molecule has 0 radical (unpaired) electrons. The summed E-state index contributed by atoms with van der Waals surface area (Å²) in [7, 11) is -3.32. The van der Waals surface area contributed by atoms with Crippen LogP contribution in [0.15, 0.2) is 34.7 Å². The number of anilines is 2. The molecule has 2 rings (SSSR count). The van der Waals surface area contributed by atoms with Gasteiger partial charge in [-0.25, -0.2) is 13.4 Å². The van der Waals surface area contributed by atoms with Gasteiger partial charge in [0.15, 0.2) is 0 Å². The van der Waals surface area contributed by atoms with E-state index in [0.717, 1.165) is 11.9 Å². The molecule has 2 aromatic rings. The van der Waals surface area contributed by atoms with E-state index in [1.807, 2.05) is 18.4 Å². The van der Waals surface area contributed by atoms with Crippen LogP contribution in [0.5, 0.6) is 0 Å². The minimum Gasteiger partial charge on any atom is -0.283 e. The quantitative estimate of drug-likeness (QED) is 0.655. The molecular weight excluding hydrogens is 296 g/mol. The van der Waals surface area contributed by atoms with E-state index in [9.17, 15) is 8.42 Å². The number of rotatable bonds is 5. The first-order valence-electron chi connectivity index (χ1n) is 5.72. The van der Waals surface area contributed by atoms with Crippen molar-refractivity contribution in [3.8, 4) is 0 Å². The van der Waals surface area contributed by atoms with Crippen LogP contribution in [-0.2, 0) is 10.0 Å². The Hall–Kier alpha value is -1.93. The van der Waals surface area contributed by atoms with E-state index in [1.54, 1.807) is 24.4 Å². The van der Waals surface area contributed by atoms with E-state index in [-0.39, 0.29) is 0 Å². The number of nitrogens with zero attached hydrogens (tertiary/aromatic N) is 2. The van der Waals surface area contributed by atoms with Crippen LogP contribution >= 0.6 is 11.3 Å². The second-order valence-electron chi connectivity index (χ2n) is 4.13. The molecule has 0 spiro atoms. The summed E-state index contributed by atoms with van der Waals surface area (Å²) in [6.07, 6.45) is 2.65. The topological polar surface area (TPSA) is 83.5 Å². The molecule has 2 N–H and O–H groups in total. The number of sulfonamides is 1. The average Bonchev–Trinajstić information content (AvgIpc) is 2.75. The monoisotopic (exact) mass is 310 g/mol. The molecule has 0 aliphatic carbocycles. The van der Waals surface area contributed by atoms with Crippen LogP contribution in [0.25, 0.3) is 0 Å². The Labute approximate surface area is 121 Å². The molecule has 0 fully saturated rings. The number of hydrogen-bond donors (Lipinski definition) is 2. The van der Waals surface area contributed by atoms with Crippen molar-refractivity contribution in [3.63, 3.8) is 0 Å². The van der Waals surface area contributed by atoms with Crippen LogP contribution in [0.4, 0.5) is 10.8 Å². The summed E-state index contributed by atoms with van der Waals surface area (Å²) < 4.78 is 25.0. The van der Waals surface area contributed by atoms with Gasteiger partial charge < -0.3 is 0 Å². The summed E-state index contributed by atoms with van der Waals surface area (Å²) in [4.78, 5) is 4.21. The van der Waals surface area contributed by atoms with Gasteiger partial charge in [0.05, 0.1) is 23.9 Å². The van der Waals surface area contributed by atoms with Gasteiger partial charge in [-0.2, -0.15) is 5.10 Å². The molecule has 0 amide bonds. The lowest BCUT2D eigenvalue weighted by Crippen LogP contribution is -2.11. The summed E-state index contributed by atoms with van der Waals surface area (Å²) in [5, 5.41) is 6.65. The molecule has 0 atom stereocenters. The molecule has 0 bridgehead atoms. The Morgan fingerprint density at radius 2 is 2.10 bits per heavy atom. The zero-order chi connectivity index (χ0) is 14.6. The lowest BCUT2D eigenvalue weighted by molar-refractivity contribution is 0.607. The number of aromatic nitrogens is 1. The molecular formula is C12H14N4O2S2. The van der Waals surface area contributed by atoms with E-state index >= 15 is 0 Å². The smallest absolute Gasteiger partial charge is 0.229 e. The van der Waals surface area contributed by atoms with E-state index in [1.165, 1.54) is 11.3 Å². The minimum atomic E-state index is -3.32. The normalized spacial score (nSPS) is 11.7. The van der Waals surface area contributed by atoms with Crippen molar-refractivity contribution in [1.29, 1.82) is 0 Å². The highest BCUT2D eigenvalue weighted by atomic mass is 32.2. The number of aryl methyl sites for hydroxylation is 1. The standard InChI is InChI=1S/C12H14N4O2S2/c1-9-8-19-12(14-9)15-13-7-10-5-3-4-6-11(10)16-20(2,17)18/h3-8,16H,1-2H3,(H,14,15). The summed E-state index contributed by atoms with van der Waals surface area (Å²) in [6.45, 7) is 1.90. The van der Waals surface area contributed by atoms with Crippen molar-refractivity contribution in [2.45, 2.75) is 6.92 Å². The SMILES string of the molecule is Cc1csc(NN=Cc2ccccc2NS(C)(=O)=O)n1. The highest BCUT2D eigenvalue weighted by Crippen LogP contribution is 2.16. The van der Waals surface area contributed by atoms with Crippen LogP contribution in [0.1, 0.15) is 11.3 Å². The van der Waals surface area contributed by atoms with Crippen molar-refractivity contribution in [1.82, 2.24) is 4.98 Å². The first-order valence-corrected chi connectivity index (χ1v) is 8.49. The van der Waals surface area contributed by atoms with Gasteiger partial charge in [0.2, 0.25) is 15.2 Å². The fourth-order valence-corrected chi connectivity index (χ4v) is 2.69. The van der Waals surface area contributed by atoms with Crippen LogP contribution in [-0.4, -0.2) is 25.9 Å². The maximum atomic E-state index is 11.3. The van der Waals surface area contributed by atoms with Gasteiger partial charge in [0, 0.05) is 10.9 Å². The number of thiazole rings is 1. The summed E-state index contributed by atoms with van der Waals surface area (Å²) in [6, 6.07) is 7.01. The Morgan fingerprint density at radius 1 is 1.35 bits per heavy atom. The van der Waals surface area contributed by atoms with Crippen LogP contribution in [0, 0.1) is 6.92 Å². The number of benzene rings is 1. The first kappa shape index (κ1) is 14.5. The third kappa shape index (κ3) is 4.32. The largest absolute Gasteiger partial charge is 0.283 e. The third-order valence-corrected chi connectivity index (χ3v) is 3.69. The Bertz CT molecular complexity index is 723. The Kier molecular flexibility index (Phi) is 4.35. The molecule has 6 nitrogen and oxygen atoms in total. The fourth-order valence-electron chi connectivity index (χ4n) is 1.46. The van der Waals surface area contributed by atoms with E-state index in [2.05, 4.69) is 20.2 Å². The number of hydrogen-bond acceptors (Lipinski definition) is 6. The van der Waals surface area contributed by atoms with Crippen molar-refractivity contribution in [3.05, 3.63) is 40.9 Å². The third-order valence-electron chi connectivity index (χ3n) is 2.24. The lowest BCUT2D eigenvalue weighted by Gasteiger charge is -2.06. The van der Waals surface area contributed by atoms with Crippen molar-refractivity contribution < 1.29 is 8.42 Å². The molecule has 106 valence electrons. The van der Waals surface area contributed by atoms with E-state index in [4.69, 9.17) is 0 Å². The Morgan fingerprint density at radius 3 is 2.75 bits per heavy atom. The number of hydrazone groups is 1. The Balaban J connectivity index is 2.12. The number of nitrogens with one attached hydrogen (secondary N) is 2. The fraction of sp³-hybridized carbons (Fsp3) is 0.167. The summed E-state index contributed by atoms with van der Waals surface area (Å²) in [5.74, 6) is 0. The molecule has 1 aromatic heterocycles. The van der Waals surface area contributed by atoms with Gasteiger partial charge in [-0.1, -0.05) is 18.2 Å². The molecule has 8 heteroatoms.